The Bertz CT molecular complexity index is 566. The Morgan fingerprint density at radius 1 is 1.10 bits per heavy atom. The predicted octanol–water partition coefficient (Wildman–Crippen LogP) is 4.56. The highest BCUT2D eigenvalue weighted by molar-refractivity contribution is 7.14. The largest absolute Gasteiger partial charge is 0.308 e. The van der Waals surface area contributed by atoms with Crippen molar-refractivity contribution in [2.24, 2.45) is 0 Å². The molecule has 114 valence electrons. The number of aromatic nitrogens is 2. The van der Waals surface area contributed by atoms with Crippen molar-refractivity contribution in [3.05, 3.63) is 34.8 Å². The second-order valence-electron chi connectivity index (χ2n) is 6.29. The van der Waals surface area contributed by atoms with Crippen LogP contribution in [0, 0.1) is 0 Å². The third kappa shape index (κ3) is 3.89. The monoisotopic (exact) mass is 303 g/mol. The van der Waals surface area contributed by atoms with Crippen molar-refractivity contribution in [2.75, 3.05) is 6.54 Å². The maximum atomic E-state index is 4.36. The van der Waals surface area contributed by atoms with Crippen LogP contribution in [0.15, 0.2) is 24.3 Å². The van der Waals surface area contributed by atoms with E-state index in [1.165, 1.54) is 5.56 Å². The SMILES string of the molecule is CCNC(CC)c1nnc(-c2ccc(C(C)(C)C)cc2)s1. The molecule has 0 saturated carbocycles. The minimum absolute atomic E-state index is 0.184. The summed E-state index contributed by atoms with van der Waals surface area (Å²) in [7, 11) is 0. The van der Waals surface area contributed by atoms with E-state index in [0.29, 0.717) is 6.04 Å². The normalized spacial score (nSPS) is 13.4. The van der Waals surface area contributed by atoms with Crippen LogP contribution in [0.25, 0.3) is 10.6 Å². The molecule has 1 heterocycles. The van der Waals surface area contributed by atoms with Gasteiger partial charge in [-0.2, -0.15) is 0 Å². The van der Waals surface area contributed by atoms with Gasteiger partial charge in [0.25, 0.3) is 0 Å². The Labute approximate surface area is 131 Å². The second kappa shape index (κ2) is 6.67. The maximum absolute atomic E-state index is 4.36. The van der Waals surface area contributed by atoms with E-state index in [9.17, 15) is 0 Å². The van der Waals surface area contributed by atoms with Crippen LogP contribution >= 0.6 is 11.3 Å². The molecule has 0 radical (unpaired) electrons. The Morgan fingerprint density at radius 3 is 2.29 bits per heavy atom. The van der Waals surface area contributed by atoms with Gasteiger partial charge in [-0.1, -0.05) is 70.2 Å². The van der Waals surface area contributed by atoms with Gasteiger partial charge in [0.05, 0.1) is 6.04 Å². The molecule has 0 fully saturated rings. The van der Waals surface area contributed by atoms with Crippen LogP contribution in [0.5, 0.6) is 0 Å². The molecule has 0 bridgehead atoms. The molecule has 4 heteroatoms. The number of rotatable bonds is 5. The first-order chi connectivity index (χ1) is 9.95. The topological polar surface area (TPSA) is 37.8 Å². The Morgan fingerprint density at radius 2 is 1.76 bits per heavy atom. The summed E-state index contributed by atoms with van der Waals surface area (Å²) in [6, 6.07) is 9.00. The molecule has 2 rings (SSSR count). The summed E-state index contributed by atoms with van der Waals surface area (Å²) in [6.45, 7) is 11.9. The molecule has 0 amide bonds. The van der Waals surface area contributed by atoms with E-state index in [0.717, 1.165) is 28.5 Å². The summed E-state index contributed by atoms with van der Waals surface area (Å²) in [5.41, 5.74) is 2.68. The van der Waals surface area contributed by atoms with Crippen LogP contribution < -0.4 is 5.32 Å². The smallest absolute Gasteiger partial charge is 0.147 e. The molecule has 0 aliphatic carbocycles. The third-order valence-electron chi connectivity index (χ3n) is 3.60. The number of hydrogen-bond donors (Lipinski definition) is 1. The van der Waals surface area contributed by atoms with E-state index >= 15 is 0 Å². The van der Waals surface area contributed by atoms with Crippen LogP contribution in [-0.4, -0.2) is 16.7 Å². The highest BCUT2D eigenvalue weighted by Crippen LogP contribution is 2.30. The summed E-state index contributed by atoms with van der Waals surface area (Å²) in [5.74, 6) is 0. The second-order valence-corrected chi connectivity index (χ2v) is 7.30. The van der Waals surface area contributed by atoms with Crippen LogP contribution in [-0.2, 0) is 5.41 Å². The van der Waals surface area contributed by atoms with Gasteiger partial charge in [-0.15, -0.1) is 10.2 Å². The van der Waals surface area contributed by atoms with E-state index in [-0.39, 0.29) is 5.41 Å². The zero-order valence-electron chi connectivity index (χ0n) is 13.6. The van der Waals surface area contributed by atoms with Crippen molar-refractivity contribution < 1.29 is 0 Å². The van der Waals surface area contributed by atoms with Crippen LogP contribution in [0.2, 0.25) is 0 Å². The summed E-state index contributed by atoms with van der Waals surface area (Å²) >= 11 is 1.69. The average molecular weight is 303 g/mol. The Balaban J connectivity index is 2.21. The van der Waals surface area contributed by atoms with E-state index in [1.54, 1.807) is 11.3 Å². The number of hydrogen-bond acceptors (Lipinski definition) is 4. The molecule has 1 aromatic heterocycles. The highest BCUT2D eigenvalue weighted by Gasteiger charge is 2.16. The van der Waals surface area contributed by atoms with Gasteiger partial charge in [-0.25, -0.2) is 0 Å². The van der Waals surface area contributed by atoms with Gasteiger partial charge < -0.3 is 5.32 Å². The lowest BCUT2D eigenvalue weighted by atomic mass is 9.87. The number of nitrogens with zero attached hydrogens (tertiary/aromatic N) is 2. The molecule has 0 spiro atoms. The molecule has 0 aliphatic heterocycles. The van der Waals surface area contributed by atoms with Gasteiger partial charge in [-0.05, 0) is 23.9 Å². The molecular formula is C17H25N3S. The molecule has 1 aromatic carbocycles. The molecule has 2 aromatic rings. The lowest BCUT2D eigenvalue weighted by molar-refractivity contribution is 0.531. The van der Waals surface area contributed by atoms with Crippen molar-refractivity contribution in [2.45, 2.75) is 52.5 Å². The first-order valence-electron chi connectivity index (χ1n) is 7.63. The van der Waals surface area contributed by atoms with Gasteiger partial charge in [0, 0.05) is 5.56 Å². The van der Waals surface area contributed by atoms with Gasteiger partial charge in [-0.3, -0.25) is 0 Å². The van der Waals surface area contributed by atoms with Crippen molar-refractivity contribution >= 4 is 11.3 Å². The Kier molecular flexibility index (Phi) is 5.12. The quantitative estimate of drug-likeness (QED) is 0.879. The predicted molar refractivity (Wildman–Crippen MR) is 90.8 cm³/mol. The molecule has 0 saturated heterocycles. The molecule has 1 N–H and O–H groups in total. The number of nitrogens with one attached hydrogen (secondary N) is 1. The fraction of sp³-hybridized carbons (Fsp3) is 0.529. The summed E-state index contributed by atoms with van der Waals surface area (Å²) < 4.78 is 0. The summed E-state index contributed by atoms with van der Waals surface area (Å²) in [4.78, 5) is 0. The molecule has 3 nitrogen and oxygen atoms in total. The van der Waals surface area contributed by atoms with Crippen LogP contribution in [0.4, 0.5) is 0 Å². The van der Waals surface area contributed by atoms with Gasteiger partial charge >= 0.3 is 0 Å². The zero-order valence-corrected chi connectivity index (χ0v) is 14.4. The van der Waals surface area contributed by atoms with E-state index in [1.807, 2.05) is 0 Å². The van der Waals surface area contributed by atoms with Crippen molar-refractivity contribution in [3.8, 4) is 10.6 Å². The van der Waals surface area contributed by atoms with Crippen molar-refractivity contribution in [3.63, 3.8) is 0 Å². The maximum Gasteiger partial charge on any atom is 0.147 e. The minimum Gasteiger partial charge on any atom is -0.308 e. The third-order valence-corrected chi connectivity index (χ3v) is 4.68. The fourth-order valence-electron chi connectivity index (χ4n) is 2.26. The molecule has 0 aliphatic rings. The van der Waals surface area contributed by atoms with E-state index < -0.39 is 0 Å². The van der Waals surface area contributed by atoms with Gasteiger partial charge in [0.1, 0.15) is 10.0 Å². The lowest BCUT2D eigenvalue weighted by Crippen LogP contribution is -2.19. The standard InChI is InChI=1S/C17H25N3S/c1-6-14(18-7-2)16-20-19-15(21-16)12-8-10-13(11-9-12)17(3,4)5/h8-11,14,18H,6-7H2,1-5H3. The summed E-state index contributed by atoms with van der Waals surface area (Å²) in [5, 5.41) is 14.2. The zero-order chi connectivity index (χ0) is 15.5. The number of benzene rings is 1. The fourth-order valence-corrected chi connectivity index (χ4v) is 3.27. The van der Waals surface area contributed by atoms with E-state index in [4.69, 9.17) is 0 Å². The summed E-state index contributed by atoms with van der Waals surface area (Å²) in [6.07, 6.45) is 1.03. The van der Waals surface area contributed by atoms with Crippen LogP contribution in [0.3, 0.4) is 0 Å². The highest BCUT2D eigenvalue weighted by atomic mass is 32.1. The molecular weight excluding hydrogens is 278 g/mol. The molecule has 21 heavy (non-hydrogen) atoms. The van der Waals surface area contributed by atoms with Crippen LogP contribution in [0.1, 0.15) is 57.7 Å². The van der Waals surface area contributed by atoms with Gasteiger partial charge in [0.2, 0.25) is 0 Å². The van der Waals surface area contributed by atoms with Gasteiger partial charge in [0.15, 0.2) is 0 Å². The van der Waals surface area contributed by atoms with E-state index in [2.05, 4.69) is 74.4 Å². The van der Waals surface area contributed by atoms with Crippen molar-refractivity contribution in [1.29, 1.82) is 0 Å². The first kappa shape index (κ1) is 16.1. The minimum atomic E-state index is 0.184. The lowest BCUT2D eigenvalue weighted by Gasteiger charge is -2.18. The Hall–Kier alpha value is -1.26. The molecule has 1 unspecified atom stereocenters. The average Bonchev–Trinajstić information content (AvgIpc) is 2.93. The molecule has 1 atom stereocenters. The first-order valence-corrected chi connectivity index (χ1v) is 8.45. The van der Waals surface area contributed by atoms with Crippen molar-refractivity contribution in [1.82, 2.24) is 15.5 Å².